The number of alkyl halides is 3. The Kier molecular flexibility index (Phi) is 10.4. The van der Waals surface area contributed by atoms with Gasteiger partial charge < -0.3 is 10.2 Å². The maximum atomic E-state index is 14.0. The smallest absolute Gasteiger partial charge is 0.352 e. The Hall–Kier alpha value is -3.09. The molecule has 2 amide bonds. The van der Waals surface area contributed by atoms with E-state index >= 15 is 0 Å². The predicted molar refractivity (Wildman–Crippen MR) is 162 cm³/mol. The number of hydrogen-bond donors (Lipinski definition) is 1. The van der Waals surface area contributed by atoms with Gasteiger partial charge >= 0.3 is 6.18 Å². The number of amides is 2. The minimum atomic E-state index is -4.88. The molecule has 0 aromatic heterocycles. The predicted octanol–water partition coefficient (Wildman–Crippen LogP) is 6.79. The van der Waals surface area contributed by atoms with E-state index in [2.05, 4.69) is 21.2 Å². The summed E-state index contributed by atoms with van der Waals surface area (Å²) in [5.74, 6) is -1.18. The Labute approximate surface area is 262 Å². The first-order chi connectivity index (χ1) is 20.3. The summed E-state index contributed by atoms with van der Waals surface area (Å²) >= 11 is 9.20. The van der Waals surface area contributed by atoms with E-state index in [0.29, 0.717) is 15.9 Å². The topological polar surface area (TPSA) is 86.8 Å². The molecule has 0 spiro atoms. The lowest BCUT2D eigenvalue weighted by atomic mass is 10.1. The van der Waals surface area contributed by atoms with Gasteiger partial charge in [0.2, 0.25) is 11.8 Å². The third-order valence-electron chi connectivity index (χ3n) is 7.26. The van der Waals surface area contributed by atoms with E-state index in [4.69, 9.17) is 11.6 Å². The zero-order valence-corrected chi connectivity index (χ0v) is 26.3. The van der Waals surface area contributed by atoms with Crippen LogP contribution in [0.2, 0.25) is 5.02 Å². The van der Waals surface area contributed by atoms with Crippen molar-refractivity contribution in [2.75, 3.05) is 10.8 Å². The van der Waals surface area contributed by atoms with E-state index in [0.717, 1.165) is 42.3 Å². The van der Waals surface area contributed by atoms with Gasteiger partial charge in [-0.25, -0.2) is 8.42 Å². The minimum Gasteiger partial charge on any atom is -0.352 e. The van der Waals surface area contributed by atoms with Crippen LogP contribution in [0.15, 0.2) is 82.2 Å². The van der Waals surface area contributed by atoms with Crippen LogP contribution in [0.3, 0.4) is 0 Å². The summed E-state index contributed by atoms with van der Waals surface area (Å²) in [4.78, 5) is 28.3. The van der Waals surface area contributed by atoms with Gasteiger partial charge in [0.1, 0.15) is 12.6 Å². The lowest BCUT2D eigenvalue weighted by molar-refractivity contribution is -0.139. The molecule has 1 atom stereocenters. The fraction of sp³-hybridized carbons (Fsp3) is 0.333. The summed E-state index contributed by atoms with van der Waals surface area (Å²) in [6.07, 6.45) is -1.28. The number of hydrogen-bond acceptors (Lipinski definition) is 4. The van der Waals surface area contributed by atoms with E-state index in [9.17, 15) is 31.2 Å². The lowest BCUT2D eigenvalue weighted by Crippen LogP contribution is -2.52. The zero-order valence-electron chi connectivity index (χ0n) is 23.2. The molecule has 43 heavy (non-hydrogen) atoms. The third kappa shape index (κ3) is 8.10. The molecule has 13 heteroatoms. The number of nitrogens with zero attached hydrogens (tertiary/aromatic N) is 2. The molecular formula is C30H30BrClF3N3O4S. The van der Waals surface area contributed by atoms with E-state index in [1.165, 1.54) is 29.2 Å². The first-order valence-corrected chi connectivity index (χ1v) is 16.2. The van der Waals surface area contributed by atoms with Crippen LogP contribution in [0.5, 0.6) is 0 Å². The molecule has 1 fully saturated rings. The molecule has 0 bridgehead atoms. The van der Waals surface area contributed by atoms with Crippen LogP contribution >= 0.6 is 27.5 Å². The monoisotopic (exact) mass is 699 g/mol. The van der Waals surface area contributed by atoms with E-state index in [1.807, 2.05) is 0 Å². The highest BCUT2D eigenvalue weighted by molar-refractivity contribution is 9.10. The number of benzene rings is 3. The van der Waals surface area contributed by atoms with Crippen LogP contribution in [-0.4, -0.2) is 43.8 Å². The Bertz CT molecular complexity index is 1570. The van der Waals surface area contributed by atoms with Crippen molar-refractivity contribution in [1.82, 2.24) is 10.2 Å². The third-order valence-corrected chi connectivity index (χ3v) is 9.88. The van der Waals surface area contributed by atoms with E-state index < -0.39 is 56.9 Å². The molecule has 1 saturated carbocycles. The van der Waals surface area contributed by atoms with Gasteiger partial charge in [-0.3, -0.25) is 13.9 Å². The Morgan fingerprint density at radius 1 is 1.02 bits per heavy atom. The normalized spacial score (nSPS) is 14.7. The summed E-state index contributed by atoms with van der Waals surface area (Å²) in [7, 11) is -4.53. The molecule has 1 aliphatic carbocycles. The summed E-state index contributed by atoms with van der Waals surface area (Å²) in [5, 5.41) is 2.35. The highest BCUT2D eigenvalue weighted by Crippen LogP contribution is 2.38. The quantitative estimate of drug-likeness (QED) is 0.252. The van der Waals surface area contributed by atoms with Crippen LogP contribution in [0, 0.1) is 0 Å². The van der Waals surface area contributed by atoms with E-state index in [1.54, 1.807) is 37.3 Å². The average Bonchev–Trinajstić information content (AvgIpc) is 3.47. The second kappa shape index (κ2) is 13.7. The van der Waals surface area contributed by atoms with Crippen LogP contribution < -0.4 is 9.62 Å². The number of nitrogens with one attached hydrogen (secondary N) is 1. The van der Waals surface area contributed by atoms with Crippen molar-refractivity contribution < 1.29 is 31.2 Å². The van der Waals surface area contributed by atoms with Crippen molar-refractivity contribution in [2.45, 2.75) is 62.3 Å². The van der Waals surface area contributed by atoms with Gasteiger partial charge in [-0.2, -0.15) is 13.2 Å². The van der Waals surface area contributed by atoms with Gasteiger partial charge in [0.25, 0.3) is 10.0 Å². The molecule has 1 aliphatic rings. The molecule has 3 aromatic rings. The molecule has 3 aromatic carbocycles. The van der Waals surface area contributed by atoms with Gasteiger partial charge in [0, 0.05) is 17.1 Å². The molecule has 1 N–H and O–H groups in total. The summed E-state index contributed by atoms with van der Waals surface area (Å²) in [6.45, 7) is 0.622. The van der Waals surface area contributed by atoms with Gasteiger partial charge in [-0.15, -0.1) is 0 Å². The number of anilines is 1. The van der Waals surface area contributed by atoms with Crippen LogP contribution in [0.25, 0.3) is 0 Å². The first-order valence-electron chi connectivity index (χ1n) is 13.6. The standard InChI is InChI=1S/C30H30BrClF3N3O4S/c1-20(29(40)36-23-10-5-6-11-23)37(18-21-8-7-9-22(31)16-21)28(39)19-38(43(41,42)25-12-3-2-4-13-25)24-14-15-27(32)26(17-24)30(33,34)35/h2-4,7-9,12-17,20,23H,5-6,10-11,18-19H2,1H3,(H,36,40)/t20-/m0/s1. The van der Waals surface area contributed by atoms with Crippen LogP contribution in [0.1, 0.15) is 43.7 Å². The van der Waals surface area contributed by atoms with Gasteiger partial charge in [-0.1, -0.05) is 70.7 Å². The fourth-order valence-corrected chi connectivity index (χ4v) is 7.04. The summed E-state index contributed by atoms with van der Waals surface area (Å²) in [5.41, 5.74) is -0.992. The largest absolute Gasteiger partial charge is 0.417 e. The Morgan fingerprint density at radius 3 is 2.33 bits per heavy atom. The maximum absolute atomic E-state index is 14.0. The molecule has 0 radical (unpaired) electrons. The van der Waals surface area contributed by atoms with Crippen molar-refractivity contribution in [3.05, 3.63) is 93.4 Å². The van der Waals surface area contributed by atoms with Crippen molar-refractivity contribution in [3.63, 3.8) is 0 Å². The van der Waals surface area contributed by atoms with Crippen molar-refractivity contribution in [1.29, 1.82) is 0 Å². The first kappa shape index (κ1) is 32.8. The molecule has 230 valence electrons. The van der Waals surface area contributed by atoms with Gasteiger partial charge in [0.15, 0.2) is 0 Å². The summed E-state index contributed by atoms with van der Waals surface area (Å²) in [6, 6.07) is 15.7. The van der Waals surface area contributed by atoms with Crippen LogP contribution in [0.4, 0.5) is 18.9 Å². The molecule has 0 unspecified atom stereocenters. The maximum Gasteiger partial charge on any atom is 0.417 e. The molecule has 0 heterocycles. The van der Waals surface area contributed by atoms with Crippen molar-refractivity contribution >= 4 is 55.1 Å². The molecular weight excluding hydrogens is 671 g/mol. The van der Waals surface area contributed by atoms with Crippen molar-refractivity contribution in [3.8, 4) is 0 Å². The second-order valence-corrected chi connectivity index (χ2v) is 13.5. The lowest BCUT2D eigenvalue weighted by Gasteiger charge is -2.32. The Morgan fingerprint density at radius 2 is 1.70 bits per heavy atom. The molecule has 0 aliphatic heterocycles. The Balaban J connectivity index is 1.75. The summed E-state index contributed by atoms with van der Waals surface area (Å²) < 4.78 is 70.3. The zero-order chi connectivity index (χ0) is 31.4. The van der Waals surface area contributed by atoms with Crippen LogP contribution in [-0.2, 0) is 32.3 Å². The number of sulfonamides is 1. The van der Waals surface area contributed by atoms with Gasteiger partial charge in [0.05, 0.1) is 21.2 Å². The number of rotatable bonds is 10. The highest BCUT2D eigenvalue weighted by atomic mass is 79.9. The van der Waals surface area contributed by atoms with Crippen molar-refractivity contribution in [2.24, 2.45) is 0 Å². The number of carbonyl (C=O) groups is 2. The number of carbonyl (C=O) groups excluding carboxylic acids is 2. The molecule has 7 nitrogen and oxygen atoms in total. The van der Waals surface area contributed by atoms with E-state index in [-0.39, 0.29) is 17.5 Å². The number of halogens is 5. The second-order valence-electron chi connectivity index (χ2n) is 10.3. The fourth-order valence-electron chi connectivity index (χ4n) is 4.94. The average molecular weight is 701 g/mol. The highest BCUT2D eigenvalue weighted by Gasteiger charge is 2.37. The molecule has 4 rings (SSSR count). The molecule has 0 saturated heterocycles. The minimum absolute atomic E-state index is 0.0254. The SMILES string of the molecule is C[C@@H](C(=O)NC1CCCC1)N(Cc1cccc(Br)c1)C(=O)CN(c1ccc(Cl)c(C(F)(F)F)c1)S(=O)(=O)c1ccccc1. The van der Waals surface area contributed by atoms with Gasteiger partial charge in [-0.05, 0) is 67.8 Å².